The summed E-state index contributed by atoms with van der Waals surface area (Å²) in [6, 6.07) is 3.81. The lowest BCUT2D eigenvalue weighted by Crippen LogP contribution is -2.40. The highest BCUT2D eigenvalue weighted by molar-refractivity contribution is 5.99. The minimum atomic E-state index is -1.07. The number of hydrogen-bond donors (Lipinski definition) is 1. The molecule has 7 heteroatoms. The summed E-state index contributed by atoms with van der Waals surface area (Å²) in [7, 11) is 1.45. The van der Waals surface area contributed by atoms with Crippen molar-refractivity contribution in [3.8, 4) is 0 Å². The monoisotopic (exact) mass is 343 g/mol. The number of likely N-dealkylation sites (N-methyl/N-ethyl adjacent to an activating group) is 1. The molecule has 25 heavy (non-hydrogen) atoms. The number of fused-ring (bicyclic) bond motifs is 2. The average Bonchev–Trinajstić information content (AvgIpc) is 2.85. The minimum Gasteiger partial charge on any atom is -0.480 e. The summed E-state index contributed by atoms with van der Waals surface area (Å²) in [5, 5.41) is 9.55. The lowest BCUT2D eigenvalue weighted by molar-refractivity contribution is -0.141. The van der Waals surface area contributed by atoms with E-state index >= 15 is 0 Å². The molecule has 1 unspecified atom stereocenters. The average molecular weight is 343 g/mol. The molecule has 0 bridgehead atoms. The van der Waals surface area contributed by atoms with Gasteiger partial charge in [0.15, 0.2) is 0 Å². The molecule has 1 aliphatic rings. The fourth-order valence-corrected chi connectivity index (χ4v) is 3.10. The molecule has 1 aromatic carbocycles. The molecule has 0 saturated heterocycles. The van der Waals surface area contributed by atoms with Gasteiger partial charge in [-0.15, -0.1) is 0 Å². The van der Waals surface area contributed by atoms with Crippen LogP contribution < -0.4 is 5.56 Å². The Bertz CT molecular complexity index is 903. The van der Waals surface area contributed by atoms with Crippen molar-refractivity contribution >= 4 is 22.8 Å². The normalized spacial score (nSPS) is 15.3. The van der Waals surface area contributed by atoms with Crippen molar-refractivity contribution in [3.63, 3.8) is 0 Å². The van der Waals surface area contributed by atoms with Crippen LogP contribution in [0.25, 0.3) is 10.9 Å². The van der Waals surface area contributed by atoms with E-state index in [0.29, 0.717) is 23.0 Å². The first-order valence-electron chi connectivity index (χ1n) is 8.43. The third-order valence-corrected chi connectivity index (χ3v) is 4.82. The predicted octanol–water partition coefficient (Wildman–Crippen LogP) is 1.67. The van der Waals surface area contributed by atoms with Gasteiger partial charge < -0.3 is 10.0 Å². The summed E-state index contributed by atoms with van der Waals surface area (Å²) in [5.74, 6) is -0.723. The van der Waals surface area contributed by atoms with Gasteiger partial charge in [-0.1, -0.05) is 6.42 Å². The Morgan fingerprint density at radius 1 is 1.28 bits per heavy atom. The maximum atomic E-state index is 12.7. The second kappa shape index (κ2) is 6.66. The van der Waals surface area contributed by atoms with Gasteiger partial charge >= 0.3 is 5.97 Å². The number of aryl methyl sites for hydroxylation is 1. The maximum absolute atomic E-state index is 12.7. The number of benzene rings is 1. The van der Waals surface area contributed by atoms with Gasteiger partial charge in [-0.25, -0.2) is 9.78 Å². The molecule has 1 amide bonds. The number of rotatable bonds is 3. The molecule has 0 radical (unpaired) electrons. The fraction of sp³-hybridized carbons (Fsp3) is 0.444. The summed E-state index contributed by atoms with van der Waals surface area (Å²) in [6.45, 7) is 2.13. The molecule has 2 aromatic rings. The number of aliphatic carboxylic acids is 1. The van der Waals surface area contributed by atoms with E-state index in [-0.39, 0.29) is 5.56 Å². The summed E-state index contributed by atoms with van der Waals surface area (Å²) in [6.07, 6.45) is 3.78. The standard InChI is InChI=1S/C18H21N3O4/c1-11(18(24)25)20(2)16(22)12-7-8-13-14(10-12)19-15-6-4-3-5-9-21(15)17(13)23/h7-8,10-11H,3-6,9H2,1-2H3,(H,24,25). The van der Waals surface area contributed by atoms with E-state index < -0.39 is 17.9 Å². The SMILES string of the molecule is CC(C(=O)O)N(C)C(=O)c1ccc2c(=O)n3c(nc2c1)CCCCC3. The lowest BCUT2D eigenvalue weighted by Gasteiger charge is -2.21. The van der Waals surface area contributed by atoms with Crippen LogP contribution in [0.3, 0.4) is 0 Å². The molecule has 2 heterocycles. The zero-order valence-corrected chi connectivity index (χ0v) is 14.4. The molecule has 1 N–H and O–H groups in total. The van der Waals surface area contributed by atoms with Crippen molar-refractivity contribution < 1.29 is 14.7 Å². The van der Waals surface area contributed by atoms with Crippen molar-refractivity contribution in [3.05, 3.63) is 39.9 Å². The molecular formula is C18H21N3O4. The van der Waals surface area contributed by atoms with Crippen molar-refractivity contribution in [2.45, 2.75) is 45.2 Å². The van der Waals surface area contributed by atoms with Crippen LogP contribution in [-0.4, -0.2) is 44.5 Å². The van der Waals surface area contributed by atoms with E-state index in [9.17, 15) is 14.4 Å². The van der Waals surface area contributed by atoms with Crippen molar-refractivity contribution in [2.75, 3.05) is 7.05 Å². The van der Waals surface area contributed by atoms with Crippen LogP contribution in [0, 0.1) is 0 Å². The Balaban J connectivity index is 2.04. The van der Waals surface area contributed by atoms with E-state index in [1.165, 1.54) is 18.9 Å². The summed E-state index contributed by atoms with van der Waals surface area (Å²) >= 11 is 0. The molecular weight excluding hydrogens is 322 g/mol. The Hall–Kier alpha value is -2.70. The number of carboxylic acids is 1. The highest BCUT2D eigenvalue weighted by atomic mass is 16.4. The topological polar surface area (TPSA) is 92.5 Å². The van der Waals surface area contributed by atoms with Crippen LogP contribution in [0.15, 0.2) is 23.0 Å². The van der Waals surface area contributed by atoms with E-state index in [1.807, 2.05) is 0 Å². The van der Waals surface area contributed by atoms with Gasteiger partial charge in [-0.2, -0.15) is 0 Å². The van der Waals surface area contributed by atoms with Crippen LogP contribution in [0.4, 0.5) is 0 Å². The van der Waals surface area contributed by atoms with E-state index in [4.69, 9.17) is 5.11 Å². The third kappa shape index (κ3) is 3.14. The first-order valence-corrected chi connectivity index (χ1v) is 8.43. The fourth-order valence-electron chi connectivity index (χ4n) is 3.10. The largest absolute Gasteiger partial charge is 0.480 e. The van der Waals surface area contributed by atoms with Gasteiger partial charge in [0.05, 0.1) is 10.9 Å². The van der Waals surface area contributed by atoms with E-state index in [2.05, 4.69) is 4.98 Å². The zero-order valence-electron chi connectivity index (χ0n) is 14.4. The molecule has 0 aliphatic carbocycles. The first-order chi connectivity index (χ1) is 11.9. The van der Waals surface area contributed by atoms with Crippen LogP contribution >= 0.6 is 0 Å². The van der Waals surface area contributed by atoms with Crippen molar-refractivity contribution in [2.24, 2.45) is 0 Å². The highest BCUT2D eigenvalue weighted by Crippen LogP contribution is 2.17. The smallest absolute Gasteiger partial charge is 0.326 e. The second-order valence-electron chi connectivity index (χ2n) is 6.46. The molecule has 1 aromatic heterocycles. The number of carbonyl (C=O) groups is 2. The number of carbonyl (C=O) groups excluding carboxylic acids is 1. The Labute approximate surface area is 144 Å². The number of carboxylic acid groups (broad SMARTS) is 1. The van der Waals surface area contributed by atoms with Crippen molar-refractivity contribution in [1.29, 1.82) is 0 Å². The second-order valence-corrected chi connectivity index (χ2v) is 6.46. The first kappa shape index (κ1) is 17.1. The molecule has 0 fully saturated rings. The summed E-state index contributed by atoms with van der Waals surface area (Å²) in [5.41, 5.74) is 0.738. The van der Waals surface area contributed by atoms with Gasteiger partial charge in [0, 0.05) is 25.6 Å². The Morgan fingerprint density at radius 2 is 2.04 bits per heavy atom. The quantitative estimate of drug-likeness (QED) is 0.915. The molecule has 7 nitrogen and oxygen atoms in total. The minimum absolute atomic E-state index is 0.0758. The Morgan fingerprint density at radius 3 is 2.76 bits per heavy atom. The highest BCUT2D eigenvalue weighted by Gasteiger charge is 2.23. The summed E-state index contributed by atoms with van der Waals surface area (Å²) < 4.78 is 1.73. The predicted molar refractivity (Wildman–Crippen MR) is 92.7 cm³/mol. The molecule has 1 aliphatic heterocycles. The van der Waals surface area contributed by atoms with Gasteiger partial charge in [0.2, 0.25) is 0 Å². The maximum Gasteiger partial charge on any atom is 0.326 e. The zero-order chi connectivity index (χ0) is 18.1. The lowest BCUT2D eigenvalue weighted by atomic mass is 10.1. The molecule has 1 atom stereocenters. The Kier molecular flexibility index (Phi) is 4.57. The van der Waals surface area contributed by atoms with E-state index in [0.717, 1.165) is 31.5 Å². The van der Waals surface area contributed by atoms with Gasteiger partial charge in [0.1, 0.15) is 11.9 Å². The molecule has 0 saturated carbocycles. The van der Waals surface area contributed by atoms with Crippen LogP contribution in [-0.2, 0) is 17.8 Å². The van der Waals surface area contributed by atoms with Gasteiger partial charge in [0.25, 0.3) is 11.5 Å². The van der Waals surface area contributed by atoms with E-state index in [1.54, 1.807) is 22.8 Å². The van der Waals surface area contributed by atoms with Gasteiger partial charge in [-0.05, 0) is 38.0 Å². The van der Waals surface area contributed by atoms with Crippen LogP contribution in [0.2, 0.25) is 0 Å². The number of nitrogens with zero attached hydrogens (tertiary/aromatic N) is 3. The number of aromatic nitrogens is 2. The molecule has 132 valence electrons. The number of amides is 1. The van der Waals surface area contributed by atoms with Crippen LogP contribution in [0.1, 0.15) is 42.4 Å². The third-order valence-electron chi connectivity index (χ3n) is 4.82. The molecule has 0 spiro atoms. The van der Waals surface area contributed by atoms with Crippen LogP contribution in [0.5, 0.6) is 0 Å². The summed E-state index contributed by atoms with van der Waals surface area (Å²) in [4.78, 5) is 42.0. The van der Waals surface area contributed by atoms with Crippen molar-refractivity contribution in [1.82, 2.24) is 14.5 Å². The van der Waals surface area contributed by atoms with Gasteiger partial charge in [-0.3, -0.25) is 14.2 Å². The molecule has 3 rings (SSSR count). The number of hydrogen-bond acceptors (Lipinski definition) is 4.